The van der Waals surface area contributed by atoms with Gasteiger partial charge in [0.2, 0.25) is 0 Å². The van der Waals surface area contributed by atoms with Crippen molar-refractivity contribution in [2.45, 2.75) is 0 Å². The topological polar surface area (TPSA) is 102 Å². The van der Waals surface area contributed by atoms with E-state index in [1.54, 1.807) is 13.2 Å². The minimum atomic E-state index is -0.481. The van der Waals surface area contributed by atoms with Crippen LogP contribution in [-0.4, -0.2) is 26.8 Å². The minimum absolute atomic E-state index is 0.00143. The van der Waals surface area contributed by atoms with E-state index >= 15 is 0 Å². The maximum absolute atomic E-state index is 11.6. The molecule has 1 heterocycles. The maximum Gasteiger partial charge on any atom is 0.274 e. The molecule has 0 saturated carbocycles. The molecule has 2 rings (SSSR count). The molecule has 2 aromatic rings. The summed E-state index contributed by atoms with van der Waals surface area (Å²) >= 11 is 0. The van der Waals surface area contributed by atoms with Crippen LogP contribution in [0.4, 0.5) is 5.69 Å². The first-order valence-electron chi connectivity index (χ1n) is 5.63. The van der Waals surface area contributed by atoms with E-state index in [2.05, 4.69) is 15.6 Å². The van der Waals surface area contributed by atoms with Gasteiger partial charge in [-0.2, -0.15) is 10.2 Å². The van der Waals surface area contributed by atoms with Gasteiger partial charge in [0.25, 0.3) is 11.6 Å². The minimum Gasteiger partial charge on any atom is -0.275 e. The van der Waals surface area contributed by atoms with Gasteiger partial charge in [0.05, 0.1) is 22.9 Å². The summed E-state index contributed by atoms with van der Waals surface area (Å²) in [7, 11) is 1.71. The average molecular weight is 273 g/mol. The third-order valence-corrected chi connectivity index (χ3v) is 2.45. The van der Waals surface area contributed by atoms with Crippen LogP contribution in [0.15, 0.2) is 41.8 Å². The highest BCUT2D eigenvalue weighted by Crippen LogP contribution is 2.10. The second kappa shape index (κ2) is 5.74. The normalized spacial score (nSPS) is 10.7. The van der Waals surface area contributed by atoms with Gasteiger partial charge in [-0.05, 0) is 17.7 Å². The molecule has 1 N–H and O–H groups in total. The number of carbonyl (C=O) groups is 1. The van der Waals surface area contributed by atoms with Crippen LogP contribution in [0.2, 0.25) is 0 Å². The summed E-state index contributed by atoms with van der Waals surface area (Å²) in [5, 5.41) is 18.1. The summed E-state index contributed by atoms with van der Waals surface area (Å²) in [6, 6.07) is 5.81. The number of hydrazone groups is 1. The highest BCUT2D eigenvalue weighted by atomic mass is 16.6. The number of rotatable bonds is 4. The number of hydrogen-bond acceptors (Lipinski definition) is 5. The number of nitro groups is 1. The Morgan fingerprint density at radius 2 is 2.15 bits per heavy atom. The second-order valence-corrected chi connectivity index (χ2v) is 3.95. The van der Waals surface area contributed by atoms with Crippen LogP contribution in [-0.2, 0) is 7.05 Å². The largest absolute Gasteiger partial charge is 0.275 e. The monoisotopic (exact) mass is 273 g/mol. The molecule has 1 aromatic carbocycles. The molecule has 0 unspecified atom stereocenters. The number of nitrogens with one attached hydrogen (secondary N) is 1. The summed E-state index contributed by atoms with van der Waals surface area (Å²) in [6.45, 7) is 0. The molecule has 0 radical (unpaired) electrons. The van der Waals surface area contributed by atoms with E-state index in [-0.39, 0.29) is 11.6 Å². The number of non-ortho nitro benzene ring substituents is 1. The smallest absolute Gasteiger partial charge is 0.274 e. The van der Waals surface area contributed by atoms with Crippen molar-refractivity contribution in [2.24, 2.45) is 12.1 Å². The molecule has 8 heteroatoms. The number of benzene rings is 1. The quantitative estimate of drug-likeness (QED) is 0.511. The van der Waals surface area contributed by atoms with Gasteiger partial charge in [-0.1, -0.05) is 0 Å². The van der Waals surface area contributed by atoms with Crippen LogP contribution in [0.1, 0.15) is 15.9 Å². The van der Waals surface area contributed by atoms with Gasteiger partial charge in [-0.3, -0.25) is 19.6 Å². The zero-order valence-corrected chi connectivity index (χ0v) is 10.6. The summed E-state index contributed by atoms with van der Waals surface area (Å²) in [4.78, 5) is 21.6. The molecule has 0 aliphatic rings. The van der Waals surface area contributed by atoms with Gasteiger partial charge < -0.3 is 0 Å². The second-order valence-electron chi connectivity index (χ2n) is 3.95. The Labute approximate surface area is 113 Å². The molecule has 0 atom stereocenters. The molecular weight excluding hydrogens is 262 g/mol. The predicted molar refractivity (Wildman–Crippen MR) is 71.4 cm³/mol. The first kappa shape index (κ1) is 13.4. The van der Waals surface area contributed by atoms with Crippen molar-refractivity contribution in [2.75, 3.05) is 0 Å². The lowest BCUT2D eigenvalue weighted by molar-refractivity contribution is -0.384. The van der Waals surface area contributed by atoms with Crippen LogP contribution in [0.5, 0.6) is 0 Å². The van der Waals surface area contributed by atoms with Gasteiger partial charge in [0, 0.05) is 25.4 Å². The number of aryl methyl sites for hydroxylation is 1. The lowest BCUT2D eigenvalue weighted by atomic mass is 10.2. The standard InChI is InChI=1S/C12H11N5O3/c1-16-8-10(7-14-16)12(18)15-13-6-9-2-4-11(5-3-9)17(19)20/h2-8H,1H3,(H,15,18). The van der Waals surface area contributed by atoms with E-state index in [0.717, 1.165) is 0 Å². The van der Waals surface area contributed by atoms with Crippen LogP contribution >= 0.6 is 0 Å². The predicted octanol–water partition coefficient (Wildman–Crippen LogP) is 1.09. The van der Waals surface area contributed by atoms with E-state index in [1.165, 1.54) is 41.4 Å². The third-order valence-electron chi connectivity index (χ3n) is 2.45. The lowest BCUT2D eigenvalue weighted by Crippen LogP contribution is -2.16. The molecule has 0 saturated heterocycles. The molecule has 20 heavy (non-hydrogen) atoms. The van der Waals surface area contributed by atoms with Gasteiger partial charge in [-0.25, -0.2) is 5.43 Å². The third kappa shape index (κ3) is 3.25. The van der Waals surface area contributed by atoms with Crippen LogP contribution in [0, 0.1) is 10.1 Å². The van der Waals surface area contributed by atoms with Crippen molar-refractivity contribution in [1.29, 1.82) is 0 Å². The highest BCUT2D eigenvalue weighted by molar-refractivity contribution is 5.94. The fourth-order valence-corrected chi connectivity index (χ4v) is 1.45. The van der Waals surface area contributed by atoms with Gasteiger partial charge >= 0.3 is 0 Å². The number of carbonyl (C=O) groups excluding carboxylic acids is 1. The summed E-state index contributed by atoms with van der Waals surface area (Å²) in [6.07, 6.45) is 4.39. The van der Waals surface area contributed by atoms with Crippen LogP contribution in [0.25, 0.3) is 0 Å². The zero-order chi connectivity index (χ0) is 14.5. The highest BCUT2D eigenvalue weighted by Gasteiger charge is 2.06. The fourth-order valence-electron chi connectivity index (χ4n) is 1.45. The Hall–Kier alpha value is -3.03. The molecule has 8 nitrogen and oxygen atoms in total. The maximum atomic E-state index is 11.6. The zero-order valence-electron chi connectivity index (χ0n) is 10.6. The summed E-state index contributed by atoms with van der Waals surface area (Å²) in [5.41, 5.74) is 3.38. The van der Waals surface area contributed by atoms with Gasteiger partial charge in [0.15, 0.2) is 0 Å². The van der Waals surface area contributed by atoms with Crippen LogP contribution < -0.4 is 5.43 Å². The molecular formula is C12H11N5O3. The first-order valence-corrected chi connectivity index (χ1v) is 5.63. The summed E-state index contributed by atoms with van der Waals surface area (Å²) < 4.78 is 1.51. The Balaban J connectivity index is 1.96. The van der Waals surface area contributed by atoms with E-state index in [0.29, 0.717) is 11.1 Å². The Morgan fingerprint density at radius 3 is 2.70 bits per heavy atom. The van der Waals surface area contributed by atoms with Crippen molar-refractivity contribution in [3.05, 3.63) is 57.9 Å². The van der Waals surface area contributed by atoms with E-state index in [1.807, 2.05) is 0 Å². The number of aromatic nitrogens is 2. The van der Waals surface area contributed by atoms with E-state index in [9.17, 15) is 14.9 Å². The van der Waals surface area contributed by atoms with Crippen molar-refractivity contribution in [3.8, 4) is 0 Å². The number of hydrogen-bond donors (Lipinski definition) is 1. The Kier molecular flexibility index (Phi) is 3.85. The van der Waals surface area contributed by atoms with Crippen molar-refractivity contribution < 1.29 is 9.72 Å². The number of nitrogens with zero attached hydrogens (tertiary/aromatic N) is 4. The van der Waals surface area contributed by atoms with Crippen molar-refractivity contribution >= 4 is 17.8 Å². The molecule has 1 aromatic heterocycles. The van der Waals surface area contributed by atoms with Gasteiger partial charge in [0.1, 0.15) is 0 Å². The van der Waals surface area contributed by atoms with Crippen LogP contribution in [0.3, 0.4) is 0 Å². The van der Waals surface area contributed by atoms with Crippen molar-refractivity contribution in [3.63, 3.8) is 0 Å². The number of amides is 1. The molecule has 0 bridgehead atoms. The number of nitro benzene ring substituents is 1. The van der Waals surface area contributed by atoms with Gasteiger partial charge in [-0.15, -0.1) is 0 Å². The summed E-state index contributed by atoms with van der Waals surface area (Å²) in [5.74, 6) is -0.378. The average Bonchev–Trinajstić information content (AvgIpc) is 2.86. The molecule has 102 valence electrons. The van der Waals surface area contributed by atoms with E-state index in [4.69, 9.17) is 0 Å². The first-order chi connectivity index (χ1) is 9.56. The Morgan fingerprint density at radius 1 is 1.45 bits per heavy atom. The molecule has 0 fully saturated rings. The van der Waals surface area contributed by atoms with E-state index < -0.39 is 4.92 Å². The lowest BCUT2D eigenvalue weighted by Gasteiger charge is -1.96. The molecule has 0 aliphatic carbocycles. The molecule has 1 amide bonds. The Bertz CT molecular complexity index is 660. The molecule has 0 aliphatic heterocycles. The fraction of sp³-hybridized carbons (Fsp3) is 0.0833. The SMILES string of the molecule is Cn1cc(C(=O)NN=Cc2ccc([N+](=O)[O-])cc2)cn1. The molecule has 0 spiro atoms. The van der Waals surface area contributed by atoms with Crippen molar-refractivity contribution in [1.82, 2.24) is 15.2 Å².